The molecule has 0 aliphatic rings. The van der Waals surface area contributed by atoms with Gasteiger partial charge in [-0.25, -0.2) is 4.68 Å². The highest BCUT2D eigenvalue weighted by molar-refractivity contribution is 5.78. The Morgan fingerprint density at radius 3 is 2.42 bits per heavy atom. The molecule has 2 aromatic heterocycles. The Morgan fingerprint density at radius 1 is 1.00 bits per heavy atom. The zero-order valence-electron chi connectivity index (χ0n) is 17.4. The smallest absolute Gasteiger partial charge is 0.236 e. The van der Waals surface area contributed by atoms with Gasteiger partial charge in [0.05, 0.1) is 30.2 Å². The number of benzene rings is 2. The van der Waals surface area contributed by atoms with Crippen LogP contribution in [0.5, 0.6) is 0 Å². The van der Waals surface area contributed by atoms with E-state index in [4.69, 9.17) is 0 Å². The van der Waals surface area contributed by atoms with E-state index in [0.717, 1.165) is 22.5 Å². The minimum Gasteiger partial charge on any atom is -0.340 e. The van der Waals surface area contributed by atoms with E-state index < -0.39 is 0 Å². The van der Waals surface area contributed by atoms with Gasteiger partial charge in [0.25, 0.3) is 0 Å². The Morgan fingerprint density at radius 2 is 1.71 bits per heavy atom. The lowest BCUT2D eigenvalue weighted by atomic mass is 10.0. The van der Waals surface area contributed by atoms with Gasteiger partial charge in [-0.05, 0) is 29.8 Å². The molecule has 0 saturated carbocycles. The average molecular weight is 412 g/mol. The van der Waals surface area contributed by atoms with E-state index in [2.05, 4.69) is 15.4 Å². The molecule has 0 fully saturated rings. The van der Waals surface area contributed by atoms with Gasteiger partial charge < -0.3 is 4.90 Å². The normalized spacial score (nSPS) is 11.8. The van der Waals surface area contributed by atoms with Crippen LogP contribution in [0.2, 0.25) is 0 Å². The number of hydrogen-bond acceptors (Lipinski definition) is 4. The quantitative estimate of drug-likeness (QED) is 0.481. The van der Waals surface area contributed by atoms with Gasteiger partial charge in [-0.2, -0.15) is 5.10 Å². The summed E-state index contributed by atoms with van der Waals surface area (Å²) in [7, 11) is 1.81. The fourth-order valence-electron chi connectivity index (χ4n) is 3.44. The van der Waals surface area contributed by atoms with Gasteiger partial charge in [-0.3, -0.25) is 15.1 Å². The minimum atomic E-state index is -0.152. The second-order valence-corrected chi connectivity index (χ2v) is 7.36. The SMILES string of the molecule is CN(Cc1cnn(-c2ccccc2)c1)C(=O)CN[C@H](c1ccccc1)c1ccccn1. The van der Waals surface area contributed by atoms with Crippen LogP contribution in [0.15, 0.2) is 97.5 Å². The van der Waals surface area contributed by atoms with Crippen LogP contribution in [0.4, 0.5) is 0 Å². The van der Waals surface area contributed by atoms with Crippen LogP contribution in [-0.4, -0.2) is 39.2 Å². The van der Waals surface area contributed by atoms with Gasteiger partial charge in [0.1, 0.15) is 0 Å². The largest absolute Gasteiger partial charge is 0.340 e. The number of rotatable bonds is 8. The second-order valence-electron chi connectivity index (χ2n) is 7.36. The van der Waals surface area contributed by atoms with Crippen LogP contribution in [0.3, 0.4) is 0 Å². The van der Waals surface area contributed by atoms with E-state index >= 15 is 0 Å². The molecule has 4 rings (SSSR count). The van der Waals surface area contributed by atoms with Gasteiger partial charge in [0.2, 0.25) is 5.91 Å². The lowest BCUT2D eigenvalue weighted by Gasteiger charge is -2.21. The molecule has 0 aliphatic carbocycles. The average Bonchev–Trinajstić information content (AvgIpc) is 3.29. The van der Waals surface area contributed by atoms with E-state index in [9.17, 15) is 4.79 Å². The van der Waals surface area contributed by atoms with Crippen molar-refractivity contribution in [3.05, 3.63) is 114 Å². The Labute approximate surface area is 182 Å². The molecule has 2 heterocycles. The van der Waals surface area contributed by atoms with Crippen LogP contribution in [-0.2, 0) is 11.3 Å². The van der Waals surface area contributed by atoms with Crippen molar-refractivity contribution in [2.45, 2.75) is 12.6 Å². The van der Waals surface area contributed by atoms with Gasteiger partial charge in [0.15, 0.2) is 0 Å². The molecule has 1 N–H and O–H groups in total. The molecule has 0 spiro atoms. The Balaban J connectivity index is 1.39. The summed E-state index contributed by atoms with van der Waals surface area (Å²) in [6.07, 6.45) is 5.52. The molecule has 31 heavy (non-hydrogen) atoms. The molecule has 0 unspecified atom stereocenters. The predicted octanol–water partition coefficient (Wildman–Crippen LogP) is 3.60. The number of amides is 1. The van der Waals surface area contributed by atoms with Crippen molar-refractivity contribution < 1.29 is 4.79 Å². The van der Waals surface area contributed by atoms with Crippen molar-refractivity contribution in [3.8, 4) is 5.69 Å². The summed E-state index contributed by atoms with van der Waals surface area (Å²) in [5.41, 5.74) is 3.92. The van der Waals surface area contributed by atoms with Crippen LogP contribution in [0, 0.1) is 0 Å². The van der Waals surface area contributed by atoms with Crippen molar-refractivity contribution >= 4 is 5.91 Å². The van der Waals surface area contributed by atoms with Crippen LogP contribution >= 0.6 is 0 Å². The van der Waals surface area contributed by atoms with Crippen molar-refractivity contribution in [2.24, 2.45) is 0 Å². The topological polar surface area (TPSA) is 63.1 Å². The maximum Gasteiger partial charge on any atom is 0.236 e. The second kappa shape index (κ2) is 9.82. The molecule has 0 saturated heterocycles. The maximum absolute atomic E-state index is 12.8. The molecule has 1 amide bonds. The van der Waals surface area contributed by atoms with E-state index in [1.165, 1.54) is 0 Å². The number of pyridine rings is 1. The number of nitrogens with one attached hydrogen (secondary N) is 1. The number of para-hydroxylation sites is 1. The Hall–Kier alpha value is -3.77. The minimum absolute atomic E-state index is 0.00400. The maximum atomic E-state index is 12.8. The predicted molar refractivity (Wildman–Crippen MR) is 121 cm³/mol. The zero-order valence-corrected chi connectivity index (χ0v) is 17.4. The summed E-state index contributed by atoms with van der Waals surface area (Å²) >= 11 is 0. The van der Waals surface area contributed by atoms with Crippen molar-refractivity contribution in [3.63, 3.8) is 0 Å². The highest BCUT2D eigenvalue weighted by Gasteiger charge is 2.18. The number of hydrogen-bond donors (Lipinski definition) is 1. The van der Waals surface area contributed by atoms with Crippen molar-refractivity contribution in [2.75, 3.05) is 13.6 Å². The summed E-state index contributed by atoms with van der Waals surface area (Å²) in [6.45, 7) is 0.701. The summed E-state index contributed by atoms with van der Waals surface area (Å²) in [6, 6.07) is 25.6. The molecule has 0 radical (unpaired) electrons. The van der Waals surface area contributed by atoms with E-state index in [1.807, 2.05) is 96.8 Å². The number of carbonyl (C=O) groups is 1. The lowest BCUT2D eigenvalue weighted by molar-refractivity contribution is -0.129. The molecule has 0 bridgehead atoms. The first kappa shape index (κ1) is 20.5. The van der Waals surface area contributed by atoms with Gasteiger partial charge in [-0.15, -0.1) is 0 Å². The highest BCUT2D eigenvalue weighted by atomic mass is 16.2. The van der Waals surface area contributed by atoms with E-state index in [1.54, 1.807) is 17.3 Å². The number of likely N-dealkylation sites (N-methyl/N-ethyl adjacent to an activating group) is 1. The molecule has 0 aliphatic heterocycles. The van der Waals surface area contributed by atoms with E-state index in [-0.39, 0.29) is 18.5 Å². The van der Waals surface area contributed by atoms with Gasteiger partial charge >= 0.3 is 0 Å². The first-order valence-corrected chi connectivity index (χ1v) is 10.2. The monoisotopic (exact) mass is 411 g/mol. The summed E-state index contributed by atoms with van der Waals surface area (Å²) in [4.78, 5) is 19.0. The fourth-order valence-corrected chi connectivity index (χ4v) is 3.44. The number of nitrogens with zero attached hydrogens (tertiary/aromatic N) is 4. The zero-order chi connectivity index (χ0) is 21.5. The molecule has 156 valence electrons. The summed E-state index contributed by atoms with van der Waals surface area (Å²) in [5, 5.41) is 7.78. The number of carbonyl (C=O) groups excluding carboxylic acids is 1. The standard InChI is InChI=1S/C25H25N5O/c1-29(18-20-16-28-30(19-20)22-12-6-3-7-13-22)24(31)17-27-25(21-10-4-2-5-11-21)23-14-8-9-15-26-23/h2-16,19,25,27H,17-18H2,1H3/t25-/m1/s1. The van der Waals surface area contributed by atoms with E-state index in [0.29, 0.717) is 6.54 Å². The fraction of sp³-hybridized carbons (Fsp3) is 0.160. The van der Waals surface area contributed by atoms with Crippen molar-refractivity contribution in [1.29, 1.82) is 0 Å². The third-order valence-electron chi connectivity index (χ3n) is 5.08. The molecular weight excluding hydrogens is 386 g/mol. The number of aromatic nitrogens is 3. The third kappa shape index (κ3) is 5.24. The van der Waals surface area contributed by atoms with Crippen LogP contribution in [0.1, 0.15) is 22.9 Å². The molecule has 4 aromatic rings. The summed E-state index contributed by atoms with van der Waals surface area (Å²) in [5.74, 6) is 0.00400. The first-order chi connectivity index (χ1) is 15.2. The molecule has 2 aromatic carbocycles. The molecule has 1 atom stereocenters. The lowest BCUT2D eigenvalue weighted by Crippen LogP contribution is -2.37. The highest BCUT2D eigenvalue weighted by Crippen LogP contribution is 2.19. The van der Waals surface area contributed by atoms with Gasteiger partial charge in [-0.1, -0.05) is 54.6 Å². The van der Waals surface area contributed by atoms with Crippen LogP contribution < -0.4 is 5.32 Å². The molecule has 6 heteroatoms. The van der Waals surface area contributed by atoms with Crippen molar-refractivity contribution in [1.82, 2.24) is 25.0 Å². The Kier molecular flexibility index (Phi) is 6.50. The van der Waals surface area contributed by atoms with Gasteiger partial charge in [0, 0.05) is 31.5 Å². The first-order valence-electron chi connectivity index (χ1n) is 10.2. The van der Waals surface area contributed by atoms with Crippen LogP contribution in [0.25, 0.3) is 5.69 Å². The summed E-state index contributed by atoms with van der Waals surface area (Å²) < 4.78 is 1.82. The molecular formula is C25H25N5O. The Bertz CT molecular complexity index is 1060. The molecule has 6 nitrogen and oxygen atoms in total. The third-order valence-corrected chi connectivity index (χ3v) is 5.08.